The van der Waals surface area contributed by atoms with Crippen LogP contribution < -0.4 is 0 Å². The van der Waals surface area contributed by atoms with Crippen molar-refractivity contribution in [2.24, 2.45) is 0 Å². The molecule has 124 valence electrons. The van der Waals surface area contributed by atoms with Gasteiger partial charge in [0, 0.05) is 38.4 Å². The number of aromatic nitrogens is 2. The van der Waals surface area contributed by atoms with E-state index in [1.807, 2.05) is 18.7 Å². The zero-order valence-electron chi connectivity index (χ0n) is 13.7. The number of hydrogen-bond donors (Lipinski definition) is 1. The Balaban J connectivity index is 1.81. The van der Waals surface area contributed by atoms with Gasteiger partial charge in [0.2, 0.25) is 0 Å². The molecule has 1 aliphatic heterocycles. The number of β-amino-alcohol motifs (C(OH)–C–C–N with tert-alkyl or cyclic N) is 1. The quantitative estimate of drug-likeness (QED) is 0.908. The molecule has 3 heterocycles. The van der Waals surface area contributed by atoms with Crippen molar-refractivity contribution in [3.63, 3.8) is 0 Å². The van der Waals surface area contributed by atoms with Crippen LogP contribution in [0.1, 0.15) is 28.7 Å². The standard InChI is InChI=1S/C16H22N4O3/c1-10-8-13(14-12(3)18-23-15(14)17-10)16(22)20-6-4-19(5-7-20)9-11(2)21/h8,11,21H,4-7,9H2,1-3H3. The summed E-state index contributed by atoms with van der Waals surface area (Å²) in [7, 11) is 0. The Morgan fingerprint density at radius 1 is 1.35 bits per heavy atom. The van der Waals surface area contributed by atoms with E-state index in [0.717, 1.165) is 18.8 Å². The number of aliphatic hydroxyl groups excluding tert-OH is 1. The number of fused-ring (bicyclic) bond motifs is 1. The Labute approximate surface area is 134 Å². The highest BCUT2D eigenvalue weighted by Gasteiger charge is 2.26. The molecule has 1 atom stereocenters. The molecular weight excluding hydrogens is 296 g/mol. The predicted molar refractivity (Wildman–Crippen MR) is 85.3 cm³/mol. The first kappa shape index (κ1) is 15.9. The molecule has 1 aliphatic rings. The lowest BCUT2D eigenvalue weighted by molar-refractivity contribution is 0.0555. The van der Waals surface area contributed by atoms with Crippen LogP contribution in [0.15, 0.2) is 10.6 Å². The third-order valence-electron chi connectivity index (χ3n) is 4.16. The molecular formula is C16H22N4O3. The third kappa shape index (κ3) is 3.20. The Kier molecular flexibility index (Phi) is 4.32. The zero-order chi connectivity index (χ0) is 16.6. The maximum absolute atomic E-state index is 12.9. The average molecular weight is 318 g/mol. The van der Waals surface area contributed by atoms with Gasteiger partial charge in [-0.2, -0.15) is 0 Å². The Morgan fingerprint density at radius 2 is 2.04 bits per heavy atom. The molecule has 1 unspecified atom stereocenters. The summed E-state index contributed by atoms with van der Waals surface area (Å²) >= 11 is 0. The number of aliphatic hydroxyl groups is 1. The first-order valence-corrected chi connectivity index (χ1v) is 7.89. The molecule has 2 aromatic heterocycles. The van der Waals surface area contributed by atoms with Crippen LogP contribution in [-0.2, 0) is 0 Å². The summed E-state index contributed by atoms with van der Waals surface area (Å²) in [6.07, 6.45) is -0.348. The Hall–Kier alpha value is -1.99. The highest BCUT2D eigenvalue weighted by molar-refractivity contribution is 6.06. The molecule has 0 aliphatic carbocycles. The summed E-state index contributed by atoms with van der Waals surface area (Å²) in [5.74, 6) is -0.0107. The smallest absolute Gasteiger partial charge is 0.258 e. The van der Waals surface area contributed by atoms with E-state index < -0.39 is 0 Å². The molecule has 2 aromatic rings. The van der Waals surface area contributed by atoms with Gasteiger partial charge in [0.15, 0.2) is 0 Å². The lowest BCUT2D eigenvalue weighted by Gasteiger charge is -2.35. The molecule has 1 fully saturated rings. The van der Waals surface area contributed by atoms with E-state index in [-0.39, 0.29) is 12.0 Å². The minimum absolute atomic E-state index is 0.0107. The molecule has 1 saturated heterocycles. The number of pyridine rings is 1. The molecule has 0 spiro atoms. The van der Waals surface area contributed by atoms with Crippen molar-refractivity contribution in [1.82, 2.24) is 19.9 Å². The van der Waals surface area contributed by atoms with Gasteiger partial charge in [-0.25, -0.2) is 4.98 Å². The summed E-state index contributed by atoms with van der Waals surface area (Å²) in [5, 5.41) is 14.1. The SMILES string of the molecule is Cc1cc(C(=O)N2CCN(CC(C)O)CC2)c2c(C)noc2n1. The highest BCUT2D eigenvalue weighted by atomic mass is 16.5. The van der Waals surface area contributed by atoms with Gasteiger partial charge in [-0.3, -0.25) is 9.69 Å². The van der Waals surface area contributed by atoms with Crippen LogP contribution in [0.3, 0.4) is 0 Å². The summed E-state index contributed by atoms with van der Waals surface area (Å²) in [5.41, 5.74) is 2.45. The second-order valence-electron chi connectivity index (χ2n) is 6.20. The van der Waals surface area contributed by atoms with Gasteiger partial charge in [-0.15, -0.1) is 0 Å². The average Bonchev–Trinajstić information content (AvgIpc) is 2.87. The third-order valence-corrected chi connectivity index (χ3v) is 4.16. The maximum Gasteiger partial charge on any atom is 0.258 e. The van der Waals surface area contributed by atoms with Gasteiger partial charge in [-0.05, 0) is 26.8 Å². The largest absolute Gasteiger partial charge is 0.392 e. The van der Waals surface area contributed by atoms with Crippen LogP contribution in [0.4, 0.5) is 0 Å². The fraction of sp³-hybridized carbons (Fsp3) is 0.562. The highest BCUT2D eigenvalue weighted by Crippen LogP contribution is 2.23. The molecule has 3 rings (SSSR count). The van der Waals surface area contributed by atoms with E-state index in [0.29, 0.717) is 42.0 Å². The van der Waals surface area contributed by atoms with Crippen molar-refractivity contribution in [2.45, 2.75) is 26.9 Å². The minimum atomic E-state index is -0.348. The molecule has 0 aromatic carbocycles. The summed E-state index contributed by atoms with van der Waals surface area (Å²) in [4.78, 5) is 21.2. The number of aryl methyl sites for hydroxylation is 2. The first-order chi connectivity index (χ1) is 11.0. The van der Waals surface area contributed by atoms with Crippen LogP contribution in [0, 0.1) is 13.8 Å². The molecule has 23 heavy (non-hydrogen) atoms. The fourth-order valence-electron chi connectivity index (χ4n) is 3.06. The van der Waals surface area contributed by atoms with Crippen molar-refractivity contribution in [3.05, 3.63) is 23.0 Å². The summed E-state index contributed by atoms with van der Waals surface area (Å²) in [6, 6.07) is 1.80. The van der Waals surface area contributed by atoms with Gasteiger partial charge < -0.3 is 14.5 Å². The Morgan fingerprint density at radius 3 is 2.70 bits per heavy atom. The van der Waals surface area contributed by atoms with Crippen molar-refractivity contribution in [3.8, 4) is 0 Å². The number of hydrogen-bond acceptors (Lipinski definition) is 6. The second kappa shape index (κ2) is 6.25. The lowest BCUT2D eigenvalue weighted by atomic mass is 10.1. The number of rotatable bonds is 3. The summed E-state index contributed by atoms with van der Waals surface area (Å²) in [6.45, 7) is 8.93. The van der Waals surface area contributed by atoms with E-state index in [4.69, 9.17) is 4.52 Å². The lowest BCUT2D eigenvalue weighted by Crippen LogP contribution is -2.50. The van der Waals surface area contributed by atoms with Gasteiger partial charge in [0.1, 0.15) is 0 Å². The minimum Gasteiger partial charge on any atom is -0.392 e. The number of amides is 1. The number of carbonyl (C=O) groups is 1. The number of piperazine rings is 1. The maximum atomic E-state index is 12.9. The molecule has 7 heteroatoms. The van der Waals surface area contributed by atoms with Gasteiger partial charge in [-0.1, -0.05) is 5.16 Å². The van der Waals surface area contributed by atoms with Crippen LogP contribution in [-0.4, -0.2) is 69.8 Å². The fourth-order valence-corrected chi connectivity index (χ4v) is 3.06. The molecule has 1 amide bonds. The van der Waals surface area contributed by atoms with Gasteiger partial charge in [0.05, 0.1) is 22.7 Å². The van der Waals surface area contributed by atoms with E-state index in [1.54, 1.807) is 13.0 Å². The van der Waals surface area contributed by atoms with Crippen molar-refractivity contribution in [1.29, 1.82) is 0 Å². The predicted octanol–water partition coefficient (Wildman–Crippen LogP) is 0.978. The van der Waals surface area contributed by atoms with Crippen LogP contribution in [0.2, 0.25) is 0 Å². The monoisotopic (exact) mass is 318 g/mol. The normalized spacial score (nSPS) is 17.7. The molecule has 0 saturated carbocycles. The van der Waals surface area contributed by atoms with E-state index in [1.165, 1.54) is 0 Å². The first-order valence-electron chi connectivity index (χ1n) is 7.89. The van der Waals surface area contributed by atoms with Gasteiger partial charge >= 0.3 is 0 Å². The molecule has 0 radical (unpaired) electrons. The van der Waals surface area contributed by atoms with E-state index in [9.17, 15) is 9.90 Å². The van der Waals surface area contributed by atoms with Crippen LogP contribution in [0.5, 0.6) is 0 Å². The Bertz CT molecular complexity index is 717. The molecule has 1 N–H and O–H groups in total. The van der Waals surface area contributed by atoms with Crippen LogP contribution >= 0.6 is 0 Å². The number of nitrogens with zero attached hydrogens (tertiary/aromatic N) is 4. The van der Waals surface area contributed by atoms with Crippen molar-refractivity contribution in [2.75, 3.05) is 32.7 Å². The van der Waals surface area contributed by atoms with E-state index in [2.05, 4.69) is 15.0 Å². The number of carbonyl (C=O) groups excluding carboxylic acids is 1. The topological polar surface area (TPSA) is 82.7 Å². The van der Waals surface area contributed by atoms with Crippen molar-refractivity contribution >= 4 is 17.0 Å². The zero-order valence-corrected chi connectivity index (χ0v) is 13.7. The summed E-state index contributed by atoms with van der Waals surface area (Å²) < 4.78 is 5.20. The molecule has 0 bridgehead atoms. The molecule has 7 nitrogen and oxygen atoms in total. The van der Waals surface area contributed by atoms with E-state index >= 15 is 0 Å². The van der Waals surface area contributed by atoms with Crippen molar-refractivity contribution < 1.29 is 14.4 Å². The second-order valence-corrected chi connectivity index (χ2v) is 6.20. The van der Waals surface area contributed by atoms with Gasteiger partial charge in [0.25, 0.3) is 11.6 Å². The van der Waals surface area contributed by atoms with Crippen LogP contribution in [0.25, 0.3) is 11.1 Å².